The van der Waals surface area contributed by atoms with Gasteiger partial charge in [-0.25, -0.2) is 4.39 Å². The van der Waals surface area contributed by atoms with Crippen LogP contribution in [0.3, 0.4) is 0 Å². The van der Waals surface area contributed by atoms with Gasteiger partial charge in [0.2, 0.25) is 0 Å². The van der Waals surface area contributed by atoms with E-state index in [0.717, 1.165) is 41.8 Å². The van der Waals surface area contributed by atoms with Crippen LogP contribution in [0.1, 0.15) is 65.0 Å². The molecule has 1 fully saturated rings. The van der Waals surface area contributed by atoms with Crippen LogP contribution in [0, 0.1) is 13.8 Å². The summed E-state index contributed by atoms with van der Waals surface area (Å²) in [4.78, 5) is 12.0. The standard InChI is InChI=1S/C25H28FN3/c1-18-8-6-14-27-24(18)22-12-5-13-23(25-19(2)9-7-15-28-25)29(22)17-21-11-4-3-10-20(21)16-26/h3-4,6-11,14-15,22-23H,5,12-13,16-17H2,1-2H3. The summed E-state index contributed by atoms with van der Waals surface area (Å²) >= 11 is 0. The van der Waals surface area contributed by atoms with Crippen molar-refractivity contribution in [1.29, 1.82) is 0 Å². The summed E-state index contributed by atoms with van der Waals surface area (Å²) in [6.07, 6.45) is 7.00. The molecular formula is C25H28FN3. The van der Waals surface area contributed by atoms with E-state index in [0.29, 0.717) is 6.54 Å². The average molecular weight is 390 g/mol. The second-order valence-electron chi connectivity index (χ2n) is 7.95. The summed E-state index contributed by atoms with van der Waals surface area (Å²) < 4.78 is 13.7. The molecule has 150 valence electrons. The molecule has 0 aliphatic carbocycles. The van der Waals surface area contributed by atoms with Crippen molar-refractivity contribution >= 4 is 0 Å². The third-order valence-corrected chi connectivity index (χ3v) is 6.10. The van der Waals surface area contributed by atoms with Crippen molar-refractivity contribution < 1.29 is 4.39 Å². The minimum Gasteiger partial charge on any atom is -0.282 e. The van der Waals surface area contributed by atoms with Gasteiger partial charge in [-0.05, 0) is 67.5 Å². The van der Waals surface area contributed by atoms with Crippen molar-refractivity contribution in [1.82, 2.24) is 14.9 Å². The highest BCUT2D eigenvalue weighted by molar-refractivity contribution is 5.30. The molecule has 29 heavy (non-hydrogen) atoms. The van der Waals surface area contributed by atoms with E-state index in [1.807, 2.05) is 48.8 Å². The zero-order valence-electron chi connectivity index (χ0n) is 17.2. The number of hydrogen-bond donors (Lipinski definition) is 0. The Balaban J connectivity index is 1.78. The van der Waals surface area contributed by atoms with Crippen LogP contribution < -0.4 is 0 Å². The van der Waals surface area contributed by atoms with Crippen molar-refractivity contribution in [3.63, 3.8) is 0 Å². The molecule has 0 saturated carbocycles. The van der Waals surface area contributed by atoms with Gasteiger partial charge in [0.1, 0.15) is 6.67 Å². The number of aryl methyl sites for hydroxylation is 2. The highest BCUT2D eigenvalue weighted by Gasteiger charge is 2.35. The van der Waals surface area contributed by atoms with Crippen LogP contribution in [0.2, 0.25) is 0 Å². The van der Waals surface area contributed by atoms with Crippen LogP contribution >= 0.6 is 0 Å². The maximum Gasteiger partial charge on any atom is 0.115 e. The molecule has 4 rings (SSSR count). The molecule has 2 atom stereocenters. The van der Waals surface area contributed by atoms with E-state index in [9.17, 15) is 4.39 Å². The molecule has 0 N–H and O–H groups in total. The summed E-state index contributed by atoms with van der Waals surface area (Å²) in [5, 5.41) is 0. The first-order valence-corrected chi connectivity index (χ1v) is 10.4. The van der Waals surface area contributed by atoms with Crippen molar-refractivity contribution in [3.05, 3.63) is 94.6 Å². The van der Waals surface area contributed by atoms with Crippen LogP contribution in [0.4, 0.5) is 4.39 Å². The van der Waals surface area contributed by atoms with Crippen LogP contribution in [-0.2, 0) is 13.2 Å². The van der Waals surface area contributed by atoms with Crippen molar-refractivity contribution in [2.24, 2.45) is 0 Å². The second kappa shape index (κ2) is 8.83. The third-order valence-electron chi connectivity index (χ3n) is 6.10. The fourth-order valence-corrected chi connectivity index (χ4v) is 4.59. The lowest BCUT2D eigenvalue weighted by atomic mass is 9.88. The lowest BCUT2D eigenvalue weighted by Crippen LogP contribution is -2.37. The minimum absolute atomic E-state index is 0.198. The number of alkyl halides is 1. The first kappa shape index (κ1) is 19.7. The van der Waals surface area contributed by atoms with Crippen molar-refractivity contribution in [3.8, 4) is 0 Å². The molecule has 1 aliphatic heterocycles. The van der Waals surface area contributed by atoms with Crippen LogP contribution in [0.25, 0.3) is 0 Å². The third kappa shape index (κ3) is 4.08. The number of likely N-dealkylation sites (tertiary alicyclic amines) is 1. The fourth-order valence-electron chi connectivity index (χ4n) is 4.59. The molecular weight excluding hydrogens is 361 g/mol. The number of hydrogen-bond acceptors (Lipinski definition) is 3. The molecule has 1 aliphatic rings. The molecule has 1 aromatic carbocycles. The molecule has 2 unspecified atom stereocenters. The highest BCUT2D eigenvalue weighted by atomic mass is 19.1. The smallest absolute Gasteiger partial charge is 0.115 e. The Bertz CT molecular complexity index is 918. The quantitative estimate of drug-likeness (QED) is 0.533. The molecule has 4 heteroatoms. The van der Waals surface area contributed by atoms with Gasteiger partial charge in [-0.1, -0.05) is 36.4 Å². The molecule has 0 amide bonds. The maximum atomic E-state index is 13.7. The Hall–Kier alpha value is -2.59. The van der Waals surface area contributed by atoms with Gasteiger partial charge in [0.25, 0.3) is 0 Å². The molecule has 0 spiro atoms. The van der Waals surface area contributed by atoms with Gasteiger partial charge in [-0.3, -0.25) is 14.9 Å². The summed E-state index contributed by atoms with van der Waals surface area (Å²) in [6.45, 7) is 4.52. The zero-order chi connectivity index (χ0) is 20.2. The van der Waals surface area contributed by atoms with E-state index in [2.05, 4.69) is 30.9 Å². The zero-order valence-corrected chi connectivity index (χ0v) is 17.2. The monoisotopic (exact) mass is 389 g/mol. The van der Waals surface area contributed by atoms with Gasteiger partial charge < -0.3 is 0 Å². The lowest BCUT2D eigenvalue weighted by molar-refractivity contribution is 0.0674. The van der Waals surface area contributed by atoms with Crippen LogP contribution in [0.15, 0.2) is 60.9 Å². The van der Waals surface area contributed by atoms with Crippen molar-refractivity contribution in [2.75, 3.05) is 0 Å². The number of rotatable bonds is 5. The number of nitrogens with zero attached hydrogens (tertiary/aromatic N) is 3. The van der Waals surface area contributed by atoms with E-state index in [1.165, 1.54) is 11.1 Å². The van der Waals surface area contributed by atoms with E-state index < -0.39 is 6.67 Å². The predicted molar refractivity (Wildman–Crippen MR) is 114 cm³/mol. The number of halogens is 1. The van der Waals surface area contributed by atoms with Gasteiger partial charge >= 0.3 is 0 Å². The van der Waals surface area contributed by atoms with E-state index in [-0.39, 0.29) is 12.1 Å². The molecule has 3 aromatic rings. The summed E-state index contributed by atoms with van der Waals surface area (Å²) in [5.41, 5.74) is 6.49. The van der Waals surface area contributed by atoms with Gasteiger partial charge in [0, 0.05) is 18.9 Å². The van der Waals surface area contributed by atoms with E-state index in [1.54, 1.807) is 0 Å². The number of benzene rings is 1. The maximum absolute atomic E-state index is 13.7. The molecule has 2 aromatic heterocycles. The fraction of sp³-hybridized carbons (Fsp3) is 0.360. The van der Waals surface area contributed by atoms with Gasteiger partial charge in [0.15, 0.2) is 0 Å². The highest BCUT2D eigenvalue weighted by Crippen LogP contribution is 2.43. The van der Waals surface area contributed by atoms with Crippen LogP contribution in [0.5, 0.6) is 0 Å². The second-order valence-corrected chi connectivity index (χ2v) is 7.95. The SMILES string of the molecule is Cc1cccnc1C1CCCC(c2ncccc2C)N1Cc1ccccc1CF. The van der Waals surface area contributed by atoms with Gasteiger partial charge in [-0.15, -0.1) is 0 Å². The summed E-state index contributed by atoms with van der Waals surface area (Å²) in [7, 11) is 0. The van der Waals surface area contributed by atoms with E-state index in [4.69, 9.17) is 9.97 Å². The Kier molecular flexibility index (Phi) is 6.00. The minimum atomic E-state index is -0.440. The van der Waals surface area contributed by atoms with Gasteiger partial charge in [-0.2, -0.15) is 0 Å². The molecule has 3 heterocycles. The lowest BCUT2D eigenvalue weighted by Gasteiger charge is -2.42. The predicted octanol–water partition coefficient (Wildman–Crippen LogP) is 6.03. The largest absolute Gasteiger partial charge is 0.282 e. The Morgan fingerprint density at radius 1 is 0.828 bits per heavy atom. The molecule has 3 nitrogen and oxygen atoms in total. The Morgan fingerprint density at radius 2 is 1.38 bits per heavy atom. The topological polar surface area (TPSA) is 29.0 Å². The Morgan fingerprint density at radius 3 is 1.90 bits per heavy atom. The van der Waals surface area contributed by atoms with E-state index >= 15 is 0 Å². The molecule has 0 radical (unpaired) electrons. The summed E-state index contributed by atoms with van der Waals surface area (Å²) in [5.74, 6) is 0. The van der Waals surface area contributed by atoms with Crippen LogP contribution in [-0.4, -0.2) is 14.9 Å². The van der Waals surface area contributed by atoms with Gasteiger partial charge in [0.05, 0.1) is 23.5 Å². The summed E-state index contributed by atoms with van der Waals surface area (Å²) in [6, 6.07) is 16.5. The molecule has 0 bridgehead atoms. The Labute approximate surface area is 172 Å². The first-order chi connectivity index (χ1) is 14.2. The average Bonchev–Trinajstić information content (AvgIpc) is 2.75. The normalized spacial score (nSPS) is 20.0. The number of piperidine rings is 1. The van der Waals surface area contributed by atoms with Crippen molar-refractivity contribution in [2.45, 2.75) is 58.4 Å². The first-order valence-electron chi connectivity index (χ1n) is 10.4. The number of aromatic nitrogens is 2. The molecule has 1 saturated heterocycles. The number of pyridine rings is 2.